The van der Waals surface area contributed by atoms with Gasteiger partial charge in [-0.2, -0.15) is 0 Å². The molecule has 0 aromatic rings. The molecule has 2 saturated heterocycles. The van der Waals surface area contributed by atoms with Crippen molar-refractivity contribution >= 4 is 30.3 Å². The van der Waals surface area contributed by atoms with E-state index in [1.54, 1.807) is 4.90 Å². The molecule has 7 nitrogen and oxygen atoms in total. The predicted molar refractivity (Wildman–Crippen MR) is 87.1 cm³/mol. The minimum absolute atomic E-state index is 0. The second kappa shape index (κ2) is 7.05. The Morgan fingerprint density at radius 3 is 2.57 bits per heavy atom. The number of nitrogens with zero attached hydrogens (tertiary/aromatic N) is 2. The van der Waals surface area contributed by atoms with Crippen LogP contribution in [0.5, 0.6) is 0 Å². The van der Waals surface area contributed by atoms with Gasteiger partial charge in [0.2, 0.25) is 5.91 Å². The fourth-order valence-corrected chi connectivity index (χ4v) is 3.94. The van der Waals surface area contributed by atoms with Gasteiger partial charge in [-0.15, -0.1) is 12.4 Å². The lowest BCUT2D eigenvalue weighted by molar-refractivity contribution is -0.141. The molecule has 3 aliphatic rings. The lowest BCUT2D eigenvalue weighted by Crippen LogP contribution is -2.52. The van der Waals surface area contributed by atoms with Crippen LogP contribution in [-0.2, 0) is 9.59 Å². The average Bonchev–Trinajstić information content (AvgIpc) is 3.08. The maximum absolute atomic E-state index is 12.6. The molecule has 8 heteroatoms. The van der Waals surface area contributed by atoms with Gasteiger partial charge in [0, 0.05) is 19.1 Å². The van der Waals surface area contributed by atoms with Crippen LogP contribution in [0.4, 0.5) is 4.79 Å². The molecule has 0 radical (unpaired) electrons. The van der Waals surface area contributed by atoms with Gasteiger partial charge in [-0.25, -0.2) is 4.79 Å². The summed E-state index contributed by atoms with van der Waals surface area (Å²) in [5, 5.41) is 2.80. The Kier molecular flexibility index (Phi) is 5.52. The van der Waals surface area contributed by atoms with E-state index in [0.29, 0.717) is 25.9 Å². The number of nitrogens with two attached hydrogens (primary N) is 1. The van der Waals surface area contributed by atoms with Crippen molar-refractivity contribution in [1.82, 2.24) is 15.1 Å². The van der Waals surface area contributed by atoms with Gasteiger partial charge < -0.3 is 16.0 Å². The highest BCUT2D eigenvalue weighted by molar-refractivity contribution is 6.09. The van der Waals surface area contributed by atoms with Crippen molar-refractivity contribution in [3.8, 4) is 0 Å². The molecule has 2 heterocycles. The Bertz CT molecular complexity index is 493. The Labute approximate surface area is 142 Å². The summed E-state index contributed by atoms with van der Waals surface area (Å²) in [6, 6.07) is -0.399. The van der Waals surface area contributed by atoms with Crippen LogP contribution in [-0.4, -0.2) is 58.9 Å². The van der Waals surface area contributed by atoms with Crippen molar-refractivity contribution in [3.63, 3.8) is 0 Å². The number of carbonyl (C=O) groups excluding carboxylic acids is 3. The van der Waals surface area contributed by atoms with Crippen molar-refractivity contribution in [2.75, 3.05) is 19.6 Å². The van der Waals surface area contributed by atoms with Crippen molar-refractivity contribution in [2.24, 2.45) is 5.73 Å². The number of imide groups is 1. The summed E-state index contributed by atoms with van der Waals surface area (Å²) in [7, 11) is 0. The number of piperidine rings is 1. The van der Waals surface area contributed by atoms with Crippen LogP contribution < -0.4 is 11.1 Å². The van der Waals surface area contributed by atoms with Crippen LogP contribution >= 0.6 is 12.4 Å². The smallest absolute Gasteiger partial charge is 0.325 e. The molecule has 3 rings (SSSR count). The number of likely N-dealkylation sites (tertiary alicyclic amines) is 1. The molecule has 1 aliphatic carbocycles. The number of hydrogen-bond donors (Lipinski definition) is 2. The van der Waals surface area contributed by atoms with Crippen LogP contribution in [0.15, 0.2) is 0 Å². The zero-order valence-electron chi connectivity index (χ0n) is 13.3. The van der Waals surface area contributed by atoms with Crippen molar-refractivity contribution in [3.05, 3.63) is 0 Å². The van der Waals surface area contributed by atoms with Gasteiger partial charge in [-0.3, -0.25) is 14.5 Å². The summed E-state index contributed by atoms with van der Waals surface area (Å²) in [4.78, 5) is 40.0. The number of amides is 4. The van der Waals surface area contributed by atoms with Gasteiger partial charge >= 0.3 is 6.03 Å². The molecule has 1 atom stereocenters. The van der Waals surface area contributed by atoms with E-state index in [-0.39, 0.29) is 36.8 Å². The molecule has 3 fully saturated rings. The zero-order chi connectivity index (χ0) is 15.7. The van der Waals surface area contributed by atoms with E-state index in [9.17, 15) is 14.4 Å². The van der Waals surface area contributed by atoms with Crippen molar-refractivity contribution in [1.29, 1.82) is 0 Å². The van der Waals surface area contributed by atoms with Gasteiger partial charge in [-0.1, -0.05) is 12.8 Å². The first-order valence-electron chi connectivity index (χ1n) is 8.21. The van der Waals surface area contributed by atoms with E-state index in [1.807, 2.05) is 0 Å². The van der Waals surface area contributed by atoms with Gasteiger partial charge in [0.1, 0.15) is 12.1 Å². The molecule has 0 bridgehead atoms. The molecule has 0 aromatic heterocycles. The fourth-order valence-electron chi connectivity index (χ4n) is 3.94. The Hall–Kier alpha value is -1.34. The van der Waals surface area contributed by atoms with E-state index in [2.05, 4.69) is 5.32 Å². The summed E-state index contributed by atoms with van der Waals surface area (Å²) in [5.74, 6) is -0.404. The molecule has 1 unspecified atom stereocenters. The Morgan fingerprint density at radius 1 is 1.22 bits per heavy atom. The van der Waals surface area contributed by atoms with Crippen LogP contribution in [0.3, 0.4) is 0 Å². The highest BCUT2D eigenvalue weighted by Gasteiger charge is 2.53. The standard InChI is InChI=1S/C15H24N4O3.ClH/c16-9-11-5-1-4-8-18(11)12(20)10-19-13(21)15(17-14(19)22)6-2-3-7-15;/h11H,1-10,16H2,(H,17,22);1H. The third-order valence-corrected chi connectivity index (χ3v) is 5.22. The third-order valence-electron chi connectivity index (χ3n) is 5.22. The van der Waals surface area contributed by atoms with Crippen LogP contribution in [0.25, 0.3) is 0 Å². The summed E-state index contributed by atoms with van der Waals surface area (Å²) in [6.45, 7) is 0.925. The first kappa shape index (κ1) is 18.0. The zero-order valence-corrected chi connectivity index (χ0v) is 14.1. The fraction of sp³-hybridized carbons (Fsp3) is 0.800. The van der Waals surface area contributed by atoms with E-state index >= 15 is 0 Å². The summed E-state index contributed by atoms with van der Waals surface area (Å²) < 4.78 is 0. The summed E-state index contributed by atoms with van der Waals surface area (Å²) in [6.07, 6.45) is 6.15. The Morgan fingerprint density at radius 2 is 1.91 bits per heavy atom. The number of hydrogen-bond acceptors (Lipinski definition) is 4. The molecule has 23 heavy (non-hydrogen) atoms. The lowest BCUT2D eigenvalue weighted by atomic mass is 9.98. The SMILES string of the molecule is Cl.NCC1CCCCN1C(=O)CN1C(=O)NC2(CCCC2)C1=O. The van der Waals surface area contributed by atoms with Crippen LogP contribution in [0, 0.1) is 0 Å². The van der Waals surface area contributed by atoms with E-state index in [4.69, 9.17) is 5.73 Å². The van der Waals surface area contributed by atoms with Crippen LogP contribution in [0.1, 0.15) is 44.9 Å². The van der Waals surface area contributed by atoms with Gasteiger partial charge in [0.05, 0.1) is 0 Å². The molecule has 2 aliphatic heterocycles. The number of urea groups is 1. The second-order valence-electron chi connectivity index (χ2n) is 6.58. The maximum atomic E-state index is 12.6. The second-order valence-corrected chi connectivity index (χ2v) is 6.58. The quantitative estimate of drug-likeness (QED) is 0.733. The topological polar surface area (TPSA) is 95.7 Å². The number of nitrogens with one attached hydrogen (secondary N) is 1. The van der Waals surface area contributed by atoms with Gasteiger partial charge in [-0.05, 0) is 32.1 Å². The van der Waals surface area contributed by atoms with Crippen molar-refractivity contribution in [2.45, 2.75) is 56.5 Å². The maximum Gasteiger partial charge on any atom is 0.325 e. The predicted octanol–water partition coefficient (Wildman–Crippen LogP) is 0.613. The Balaban J connectivity index is 0.00000192. The molecule has 3 N–H and O–H groups in total. The molecule has 4 amide bonds. The first-order valence-corrected chi connectivity index (χ1v) is 8.21. The number of halogens is 1. The number of rotatable bonds is 3. The monoisotopic (exact) mass is 344 g/mol. The molecule has 1 spiro atoms. The highest BCUT2D eigenvalue weighted by Crippen LogP contribution is 2.35. The highest BCUT2D eigenvalue weighted by atomic mass is 35.5. The van der Waals surface area contributed by atoms with Crippen molar-refractivity contribution < 1.29 is 14.4 Å². The molecule has 1 saturated carbocycles. The normalized spacial score (nSPS) is 26.4. The third kappa shape index (κ3) is 3.17. The summed E-state index contributed by atoms with van der Waals surface area (Å²) >= 11 is 0. The molecule has 0 aromatic carbocycles. The molecule has 130 valence electrons. The van der Waals surface area contributed by atoms with Crippen LogP contribution in [0.2, 0.25) is 0 Å². The molecular formula is C15H25ClN4O3. The lowest BCUT2D eigenvalue weighted by Gasteiger charge is -2.35. The van der Waals surface area contributed by atoms with E-state index in [1.165, 1.54) is 0 Å². The largest absolute Gasteiger partial charge is 0.337 e. The number of carbonyl (C=O) groups is 3. The first-order chi connectivity index (χ1) is 10.6. The summed E-state index contributed by atoms with van der Waals surface area (Å²) in [5.41, 5.74) is 4.99. The van der Waals surface area contributed by atoms with E-state index in [0.717, 1.165) is 37.0 Å². The minimum Gasteiger partial charge on any atom is -0.337 e. The van der Waals surface area contributed by atoms with Gasteiger partial charge in [0.25, 0.3) is 5.91 Å². The van der Waals surface area contributed by atoms with E-state index < -0.39 is 11.6 Å². The molecular weight excluding hydrogens is 320 g/mol. The minimum atomic E-state index is -0.744. The van der Waals surface area contributed by atoms with Gasteiger partial charge in [0.15, 0.2) is 0 Å². The average molecular weight is 345 g/mol.